The minimum atomic E-state index is -3.60. The maximum absolute atomic E-state index is 15.1. The molecule has 4 aromatic heterocycles. The Bertz CT molecular complexity index is 2620. The number of hydrogen-bond donors (Lipinski definition) is 3. The summed E-state index contributed by atoms with van der Waals surface area (Å²) >= 11 is 2.14. The predicted molar refractivity (Wildman–Crippen MR) is 227 cm³/mol. The number of nitrogens with one attached hydrogen (secondary N) is 3. The first kappa shape index (κ1) is 39.0. The molecule has 6 heterocycles. The monoisotopic (exact) mass is 923 g/mol. The quantitative estimate of drug-likeness (QED) is 0.126. The summed E-state index contributed by atoms with van der Waals surface area (Å²) in [6, 6.07) is 14.9. The van der Waals surface area contributed by atoms with Gasteiger partial charge in [-0.3, -0.25) is 4.72 Å². The summed E-state index contributed by atoms with van der Waals surface area (Å²) in [5.74, 6) is -0.569. The lowest BCUT2D eigenvalue weighted by Crippen LogP contribution is -2.20. The summed E-state index contributed by atoms with van der Waals surface area (Å²) < 4.78 is 71.7. The number of sulfonamides is 1. The van der Waals surface area contributed by atoms with Gasteiger partial charge in [-0.1, -0.05) is 24.3 Å². The van der Waals surface area contributed by atoms with Gasteiger partial charge in [0.1, 0.15) is 3.70 Å². The summed E-state index contributed by atoms with van der Waals surface area (Å²) in [6.45, 7) is 1.31. The van der Waals surface area contributed by atoms with Crippen molar-refractivity contribution in [2.45, 2.75) is 89.5 Å². The summed E-state index contributed by atoms with van der Waals surface area (Å²) in [4.78, 5) is 9.14. The van der Waals surface area contributed by atoms with E-state index in [0.29, 0.717) is 23.3 Å². The maximum Gasteiger partial charge on any atom is 0.231 e. The third kappa shape index (κ3) is 7.97. The number of aryl methyl sites for hydroxylation is 2. The second-order valence-corrected chi connectivity index (χ2v) is 18.0. The van der Waals surface area contributed by atoms with Crippen molar-refractivity contribution < 1.29 is 26.7 Å². The number of halogens is 3. The zero-order valence-corrected chi connectivity index (χ0v) is 35.0. The van der Waals surface area contributed by atoms with Crippen LogP contribution < -0.4 is 15.4 Å². The van der Waals surface area contributed by atoms with E-state index in [0.717, 1.165) is 110 Å². The lowest BCUT2D eigenvalue weighted by Gasteiger charge is -2.23. The van der Waals surface area contributed by atoms with Crippen LogP contribution in [-0.4, -0.2) is 57.4 Å². The number of benzene rings is 2. The van der Waals surface area contributed by atoms with Crippen molar-refractivity contribution >= 4 is 83.5 Å². The molecule has 2 atom stereocenters. The van der Waals surface area contributed by atoms with E-state index in [1.807, 2.05) is 28.9 Å². The number of nitrogens with zero attached hydrogens (tertiary/aromatic N) is 6. The molecule has 304 valence electrons. The van der Waals surface area contributed by atoms with E-state index >= 15 is 4.39 Å². The van der Waals surface area contributed by atoms with Crippen LogP contribution in [-0.2, 0) is 45.2 Å². The van der Waals surface area contributed by atoms with Crippen LogP contribution in [0.15, 0.2) is 48.5 Å². The first-order chi connectivity index (χ1) is 28.1. The van der Waals surface area contributed by atoms with Crippen LogP contribution in [0.4, 0.5) is 37.6 Å². The molecule has 0 spiro atoms. The molecule has 58 heavy (non-hydrogen) atoms. The van der Waals surface area contributed by atoms with Crippen LogP contribution in [0, 0.1) is 15.3 Å². The average Bonchev–Trinajstić information content (AvgIpc) is 4.03. The molecule has 4 aliphatic rings. The van der Waals surface area contributed by atoms with E-state index in [4.69, 9.17) is 9.47 Å². The van der Waals surface area contributed by atoms with E-state index in [2.05, 4.69) is 70.2 Å². The molecule has 2 fully saturated rings. The SMILES string of the molecule is CS(=O)(=O)Nc1nn(C2CCCCO2)c2nc(Nc3cccc4c3CCC4)c(F)cc12.Fc1cc2c(I)nn(C3CCCCO3)c2nc1Nc1cccc2c1CCC2. The molecule has 2 aliphatic carbocycles. The summed E-state index contributed by atoms with van der Waals surface area (Å²) in [5, 5.41) is 16.4. The van der Waals surface area contributed by atoms with Gasteiger partial charge in [0.25, 0.3) is 0 Å². The highest BCUT2D eigenvalue weighted by molar-refractivity contribution is 14.1. The third-order valence-electron chi connectivity index (χ3n) is 11.2. The lowest BCUT2D eigenvalue weighted by atomic mass is 10.1. The van der Waals surface area contributed by atoms with Gasteiger partial charge in [-0.15, -0.1) is 5.10 Å². The van der Waals surface area contributed by atoms with Gasteiger partial charge in [0.2, 0.25) is 10.0 Å². The predicted octanol–water partition coefficient (Wildman–Crippen LogP) is 8.98. The smallest absolute Gasteiger partial charge is 0.231 e. The van der Waals surface area contributed by atoms with Gasteiger partial charge < -0.3 is 20.1 Å². The highest BCUT2D eigenvalue weighted by atomic mass is 127. The molecule has 0 radical (unpaired) electrons. The van der Waals surface area contributed by atoms with E-state index in [1.54, 1.807) is 4.68 Å². The Morgan fingerprint density at radius 3 is 1.72 bits per heavy atom. The first-order valence-electron chi connectivity index (χ1n) is 19.9. The van der Waals surface area contributed by atoms with Crippen molar-refractivity contribution in [3.63, 3.8) is 0 Å². The molecule has 3 N–H and O–H groups in total. The first-order valence-corrected chi connectivity index (χ1v) is 22.9. The van der Waals surface area contributed by atoms with Crippen molar-refractivity contribution in [2.75, 3.05) is 34.8 Å². The highest BCUT2D eigenvalue weighted by Crippen LogP contribution is 2.36. The Labute approximate surface area is 348 Å². The highest BCUT2D eigenvalue weighted by Gasteiger charge is 2.27. The van der Waals surface area contributed by atoms with E-state index in [-0.39, 0.29) is 35.7 Å². The second-order valence-electron chi connectivity index (χ2n) is 15.3. The van der Waals surface area contributed by atoms with Crippen molar-refractivity contribution in [1.82, 2.24) is 29.5 Å². The molecule has 0 bridgehead atoms. The molecular formula is C41H44F2IN9O4S. The molecule has 0 saturated carbocycles. The number of hydrogen-bond acceptors (Lipinski definition) is 10. The number of aromatic nitrogens is 6. The van der Waals surface area contributed by atoms with Crippen LogP contribution in [0.1, 0.15) is 86.1 Å². The fraction of sp³-hybridized carbons (Fsp3) is 0.415. The molecule has 2 saturated heterocycles. The van der Waals surface area contributed by atoms with Crippen LogP contribution in [0.5, 0.6) is 0 Å². The zero-order valence-electron chi connectivity index (χ0n) is 32.0. The van der Waals surface area contributed by atoms with Crippen LogP contribution in [0.3, 0.4) is 0 Å². The maximum atomic E-state index is 15.1. The average molecular weight is 924 g/mol. The number of anilines is 5. The van der Waals surface area contributed by atoms with Crippen molar-refractivity contribution in [1.29, 1.82) is 0 Å². The summed E-state index contributed by atoms with van der Waals surface area (Å²) in [6.07, 6.45) is 12.5. The van der Waals surface area contributed by atoms with Gasteiger partial charge >= 0.3 is 0 Å². The fourth-order valence-electron chi connectivity index (χ4n) is 8.43. The normalized spacial score (nSPS) is 19.1. The largest absolute Gasteiger partial charge is 0.356 e. The van der Waals surface area contributed by atoms with Crippen LogP contribution >= 0.6 is 22.6 Å². The molecule has 13 nitrogen and oxygen atoms in total. The fourth-order valence-corrected chi connectivity index (χ4v) is 9.56. The zero-order chi connectivity index (χ0) is 40.0. The Morgan fingerprint density at radius 2 is 1.21 bits per heavy atom. The third-order valence-corrected chi connectivity index (χ3v) is 12.5. The molecule has 2 aliphatic heterocycles. The lowest BCUT2D eigenvalue weighted by molar-refractivity contribution is -0.0372. The minimum Gasteiger partial charge on any atom is -0.356 e. The van der Waals surface area contributed by atoms with Gasteiger partial charge in [-0.2, -0.15) is 5.10 Å². The second kappa shape index (κ2) is 16.3. The standard InChI is InChI=1S/C21H24FN5O3S.C20H20FIN4O/c1-31(28,29)26-19-15-12-16(22)20(23-17-9-5-7-13-6-4-8-14(13)17)24-21(15)27(25-19)18-10-2-3-11-30-18;21-15-11-14-18(22)25-26(17-9-1-2-10-27-17)20(14)24-19(15)23-16-8-4-6-12-5-3-7-13(12)16/h5,7,9,12,18H,2-4,6,8,10-11H2,1H3,(H,23,24)(H,25,26);4,6,8,11,17H,1-3,5,7,9-10H2,(H,23,24). The molecule has 0 amide bonds. The van der Waals surface area contributed by atoms with Crippen molar-refractivity contribution in [3.8, 4) is 0 Å². The molecule has 6 aromatic rings. The molecule has 10 rings (SSSR count). The molecule has 2 unspecified atom stereocenters. The van der Waals surface area contributed by atoms with E-state index < -0.39 is 15.8 Å². The molecular weight excluding hydrogens is 879 g/mol. The van der Waals surface area contributed by atoms with E-state index in [9.17, 15) is 12.8 Å². The van der Waals surface area contributed by atoms with Gasteiger partial charge in [0.15, 0.2) is 52.8 Å². The Balaban J connectivity index is 0.000000152. The number of ether oxygens (including phenoxy) is 2. The molecule has 2 aromatic carbocycles. The van der Waals surface area contributed by atoms with Gasteiger partial charge in [-0.25, -0.2) is 36.5 Å². The topological polar surface area (TPSA) is 150 Å². The van der Waals surface area contributed by atoms with Crippen molar-refractivity contribution in [3.05, 3.63) is 86.1 Å². The summed E-state index contributed by atoms with van der Waals surface area (Å²) in [5.41, 5.74) is 7.91. The van der Waals surface area contributed by atoms with Gasteiger partial charge in [0.05, 0.1) is 17.0 Å². The molecule has 17 heteroatoms. The Hall–Kier alpha value is -4.46. The van der Waals surface area contributed by atoms with Crippen molar-refractivity contribution in [2.24, 2.45) is 0 Å². The van der Waals surface area contributed by atoms with Gasteiger partial charge in [-0.05, 0) is 146 Å². The van der Waals surface area contributed by atoms with E-state index in [1.165, 1.54) is 34.4 Å². The van der Waals surface area contributed by atoms with Crippen LogP contribution in [0.2, 0.25) is 0 Å². The summed E-state index contributed by atoms with van der Waals surface area (Å²) in [7, 11) is -3.60. The Morgan fingerprint density at radius 1 is 0.690 bits per heavy atom. The van der Waals surface area contributed by atoms with Crippen LogP contribution in [0.25, 0.3) is 22.1 Å². The Kier molecular flexibility index (Phi) is 11.0. The number of pyridine rings is 2. The minimum absolute atomic E-state index is 0.0465. The number of fused-ring (bicyclic) bond motifs is 4. The van der Waals surface area contributed by atoms with Gasteiger partial charge in [0, 0.05) is 24.6 Å². The number of rotatable bonds is 8.